The molecule has 0 amide bonds. The van der Waals surface area contributed by atoms with Crippen molar-refractivity contribution in [3.63, 3.8) is 0 Å². The molecule has 0 radical (unpaired) electrons. The molecule has 0 aromatic heterocycles. The van der Waals surface area contributed by atoms with E-state index in [9.17, 15) is 8.42 Å². The molecule has 4 nitrogen and oxygen atoms in total. The van der Waals surface area contributed by atoms with Crippen LogP contribution >= 0.6 is 0 Å². The molecule has 1 N–H and O–H groups in total. The summed E-state index contributed by atoms with van der Waals surface area (Å²) in [5.74, 6) is 0. The number of rotatable bonds is 12. The van der Waals surface area contributed by atoms with Crippen LogP contribution in [0.4, 0.5) is 0 Å². The summed E-state index contributed by atoms with van der Waals surface area (Å²) in [7, 11) is -4.23. The van der Waals surface area contributed by atoms with Crippen LogP contribution in [0.5, 0.6) is 0 Å². The predicted molar refractivity (Wildman–Crippen MR) is 71.6 cm³/mol. The third kappa shape index (κ3) is 24.8. The van der Waals surface area contributed by atoms with Gasteiger partial charge < -0.3 is 2.85 Å². The third-order valence-corrected chi connectivity index (χ3v) is 3.19. The molecular weight excluding hydrogens is 270 g/mol. The summed E-state index contributed by atoms with van der Waals surface area (Å²) < 4.78 is 33.0. The van der Waals surface area contributed by atoms with Crippen molar-refractivity contribution in [3.05, 3.63) is 0 Å². The van der Waals surface area contributed by atoms with Crippen molar-refractivity contribution in [2.75, 3.05) is 6.61 Å². The van der Waals surface area contributed by atoms with Crippen molar-refractivity contribution in [2.24, 2.45) is 0 Å². The van der Waals surface area contributed by atoms with Gasteiger partial charge in [0, 0.05) is 0 Å². The molecule has 0 rings (SSSR count). The fraction of sp³-hybridized carbons (Fsp3) is 1.00. The van der Waals surface area contributed by atoms with E-state index in [0.717, 1.165) is 12.8 Å². The monoisotopic (exact) mass is 298 g/mol. The van der Waals surface area contributed by atoms with Crippen LogP contribution in [-0.2, 0) is 14.6 Å². The standard InChI is InChI=1S/C12H26O4S.Li.Na.2H/c1-2-3-4-5-6-7-8-9-10-11-12-16-17(13,14)15;;;;/h2-12H2,1H3,(H,13,14,15);;;;/q;2*+1;2*-1. The van der Waals surface area contributed by atoms with Crippen molar-refractivity contribution >= 4 is 10.4 Å². The first-order valence-corrected chi connectivity index (χ1v) is 8.04. The molecule has 0 saturated heterocycles. The molecule has 0 aromatic rings. The second-order valence-corrected chi connectivity index (χ2v) is 5.52. The maximum Gasteiger partial charge on any atom is 1.00 e. The van der Waals surface area contributed by atoms with Crippen LogP contribution in [0.25, 0.3) is 0 Å². The van der Waals surface area contributed by atoms with Gasteiger partial charge >= 0.3 is 58.8 Å². The Bertz CT molecular complexity index is 270. The van der Waals surface area contributed by atoms with Crippen LogP contribution in [0.3, 0.4) is 0 Å². The van der Waals surface area contributed by atoms with Crippen molar-refractivity contribution in [2.45, 2.75) is 71.1 Å². The molecule has 108 valence electrons. The third-order valence-electron chi connectivity index (χ3n) is 2.73. The fourth-order valence-electron chi connectivity index (χ4n) is 1.75. The minimum absolute atomic E-state index is 0. The van der Waals surface area contributed by atoms with Gasteiger partial charge in [-0.1, -0.05) is 64.7 Å². The van der Waals surface area contributed by atoms with E-state index >= 15 is 0 Å². The van der Waals surface area contributed by atoms with Gasteiger partial charge in [0.15, 0.2) is 0 Å². The molecule has 0 aromatic carbocycles. The Labute approximate surface area is 155 Å². The first-order chi connectivity index (χ1) is 8.06. The summed E-state index contributed by atoms with van der Waals surface area (Å²) in [5, 5.41) is 0. The Kier molecular flexibility index (Phi) is 23.4. The number of hydrogen-bond acceptors (Lipinski definition) is 3. The van der Waals surface area contributed by atoms with Crippen LogP contribution in [0, 0.1) is 0 Å². The first-order valence-electron chi connectivity index (χ1n) is 6.68. The van der Waals surface area contributed by atoms with E-state index in [0.29, 0.717) is 6.42 Å². The topological polar surface area (TPSA) is 63.6 Å². The smallest absolute Gasteiger partial charge is 1.00 e. The van der Waals surface area contributed by atoms with Crippen molar-refractivity contribution in [1.82, 2.24) is 0 Å². The van der Waals surface area contributed by atoms with E-state index in [1.54, 1.807) is 0 Å². The zero-order valence-corrected chi connectivity index (χ0v) is 15.7. The fourth-order valence-corrected chi connectivity index (χ4v) is 2.08. The molecule has 0 aliphatic heterocycles. The molecule has 0 fully saturated rings. The van der Waals surface area contributed by atoms with E-state index in [2.05, 4.69) is 11.1 Å². The summed E-state index contributed by atoms with van der Waals surface area (Å²) in [5.41, 5.74) is 0. The quantitative estimate of drug-likeness (QED) is 0.256. The van der Waals surface area contributed by atoms with Crippen LogP contribution in [0.2, 0.25) is 0 Å². The van der Waals surface area contributed by atoms with Crippen LogP contribution in [0.1, 0.15) is 74.0 Å². The summed E-state index contributed by atoms with van der Waals surface area (Å²) in [6.45, 7) is 2.31. The van der Waals surface area contributed by atoms with Gasteiger partial charge in [-0.05, 0) is 6.42 Å². The van der Waals surface area contributed by atoms with Gasteiger partial charge in [-0.2, -0.15) is 8.42 Å². The summed E-state index contributed by atoms with van der Waals surface area (Å²) >= 11 is 0. The Morgan fingerprint density at radius 1 is 0.895 bits per heavy atom. The Morgan fingerprint density at radius 3 is 1.63 bits per heavy atom. The molecule has 0 spiro atoms. The second kappa shape index (κ2) is 17.5. The van der Waals surface area contributed by atoms with E-state index in [1.165, 1.54) is 44.9 Å². The van der Waals surface area contributed by atoms with Gasteiger partial charge in [-0.15, -0.1) is 0 Å². The summed E-state index contributed by atoms with van der Waals surface area (Å²) in [6, 6.07) is 0. The van der Waals surface area contributed by atoms with Crippen molar-refractivity contribution < 1.29 is 68.4 Å². The molecule has 7 heteroatoms. The average molecular weight is 298 g/mol. The molecule has 0 saturated carbocycles. The zero-order valence-electron chi connectivity index (χ0n) is 14.9. The Balaban J connectivity index is -0.000000213. The predicted octanol–water partition coefficient (Wildman–Crippen LogP) is -2.04. The second-order valence-electron chi connectivity index (χ2n) is 4.43. The Morgan fingerprint density at radius 2 is 1.26 bits per heavy atom. The van der Waals surface area contributed by atoms with E-state index in [1.807, 2.05) is 0 Å². The SMILES string of the molecule is CCCCCCCCCCCCOS(=O)(=O)O.[H-].[H-].[Li+].[Na+]. The first kappa shape index (κ1) is 25.4. The summed E-state index contributed by atoms with van der Waals surface area (Å²) in [4.78, 5) is 0. The maximum absolute atomic E-state index is 10.2. The molecule has 0 aliphatic rings. The summed E-state index contributed by atoms with van der Waals surface area (Å²) in [6.07, 6.45) is 11.9. The van der Waals surface area contributed by atoms with Gasteiger partial charge in [-0.25, -0.2) is 4.18 Å². The van der Waals surface area contributed by atoms with Gasteiger partial charge in [0.1, 0.15) is 0 Å². The molecule has 0 atom stereocenters. The minimum atomic E-state index is -4.23. The van der Waals surface area contributed by atoms with Crippen molar-refractivity contribution in [1.29, 1.82) is 0 Å². The van der Waals surface area contributed by atoms with E-state index in [-0.39, 0.29) is 57.9 Å². The number of hydrogen-bond donors (Lipinski definition) is 1. The van der Waals surface area contributed by atoms with Gasteiger partial charge in [0.25, 0.3) is 0 Å². The van der Waals surface area contributed by atoms with Gasteiger partial charge in [-0.3, -0.25) is 4.55 Å². The molecule has 0 heterocycles. The largest absolute Gasteiger partial charge is 1.00 e. The molecule has 19 heavy (non-hydrogen) atoms. The molecular formula is C12H28LiNaO4S. The molecule has 0 unspecified atom stereocenters. The normalized spacial score (nSPS) is 10.6. The van der Waals surface area contributed by atoms with Crippen LogP contribution < -0.4 is 48.4 Å². The average Bonchev–Trinajstić information content (AvgIpc) is 2.24. The maximum atomic E-state index is 10.2. The van der Waals surface area contributed by atoms with E-state index in [4.69, 9.17) is 4.55 Å². The zero-order chi connectivity index (χ0) is 13.0. The van der Waals surface area contributed by atoms with Crippen LogP contribution in [-0.4, -0.2) is 19.6 Å². The molecule has 0 bridgehead atoms. The van der Waals surface area contributed by atoms with Gasteiger partial charge in [0.05, 0.1) is 6.61 Å². The Hall–Kier alpha value is 1.47. The van der Waals surface area contributed by atoms with Crippen LogP contribution in [0.15, 0.2) is 0 Å². The van der Waals surface area contributed by atoms with E-state index < -0.39 is 10.4 Å². The van der Waals surface area contributed by atoms with Crippen molar-refractivity contribution in [3.8, 4) is 0 Å². The van der Waals surface area contributed by atoms with Gasteiger partial charge in [0.2, 0.25) is 0 Å². The molecule has 0 aliphatic carbocycles. The number of unbranched alkanes of at least 4 members (excludes halogenated alkanes) is 9. The minimum Gasteiger partial charge on any atom is -1.00 e.